The Morgan fingerprint density at radius 2 is 1.50 bits per heavy atom. The summed E-state index contributed by atoms with van der Waals surface area (Å²) in [6, 6.07) is 26.0. The van der Waals surface area contributed by atoms with Crippen molar-refractivity contribution in [3.63, 3.8) is 0 Å². The van der Waals surface area contributed by atoms with Crippen molar-refractivity contribution in [3.05, 3.63) is 129 Å². The average Bonchev–Trinajstić information content (AvgIpc) is 3.00. The lowest BCUT2D eigenvalue weighted by Gasteiger charge is -2.34. The van der Waals surface area contributed by atoms with Crippen molar-refractivity contribution in [1.82, 2.24) is 10.2 Å². The number of sulfonamides is 1. The summed E-state index contributed by atoms with van der Waals surface area (Å²) >= 11 is 19.3. The Bertz CT molecular complexity index is 1720. The van der Waals surface area contributed by atoms with Crippen LogP contribution in [-0.4, -0.2) is 44.3 Å². The maximum absolute atomic E-state index is 14.4. The van der Waals surface area contributed by atoms with Gasteiger partial charge in [-0.25, -0.2) is 8.42 Å². The quantitative estimate of drug-likeness (QED) is 0.177. The van der Waals surface area contributed by atoms with Gasteiger partial charge >= 0.3 is 0 Å². The number of aryl methyl sites for hydroxylation is 1. The first-order valence-corrected chi connectivity index (χ1v) is 16.5. The van der Waals surface area contributed by atoms with Crippen molar-refractivity contribution in [3.8, 4) is 0 Å². The first-order valence-electron chi connectivity index (χ1n) is 13.9. The smallest absolute Gasteiger partial charge is 0.264 e. The highest BCUT2D eigenvalue weighted by atomic mass is 35.5. The molecule has 0 spiro atoms. The largest absolute Gasteiger partial charge is 0.355 e. The highest BCUT2D eigenvalue weighted by molar-refractivity contribution is 7.92. The molecule has 7 nitrogen and oxygen atoms in total. The van der Waals surface area contributed by atoms with Crippen molar-refractivity contribution >= 4 is 62.3 Å². The van der Waals surface area contributed by atoms with Gasteiger partial charge in [-0.15, -0.1) is 0 Å². The van der Waals surface area contributed by atoms with Crippen LogP contribution in [0.5, 0.6) is 0 Å². The van der Waals surface area contributed by atoms with Gasteiger partial charge in [-0.2, -0.15) is 0 Å². The van der Waals surface area contributed by atoms with E-state index in [0.717, 1.165) is 15.4 Å². The topological polar surface area (TPSA) is 86.8 Å². The van der Waals surface area contributed by atoms with E-state index in [0.29, 0.717) is 17.1 Å². The van der Waals surface area contributed by atoms with E-state index in [9.17, 15) is 18.0 Å². The third kappa shape index (κ3) is 8.12. The lowest BCUT2D eigenvalue weighted by atomic mass is 10.0. The Labute approximate surface area is 273 Å². The van der Waals surface area contributed by atoms with Gasteiger partial charge in [-0.3, -0.25) is 13.9 Å². The van der Waals surface area contributed by atoms with Crippen LogP contribution in [0, 0.1) is 6.92 Å². The summed E-state index contributed by atoms with van der Waals surface area (Å²) in [7, 11) is -4.32. The van der Waals surface area contributed by atoms with Crippen LogP contribution in [-0.2, 0) is 32.6 Å². The third-order valence-corrected chi connectivity index (χ3v) is 9.68. The molecule has 0 fully saturated rings. The fourth-order valence-electron chi connectivity index (χ4n) is 4.68. The number of carbonyl (C=O) groups excluding carboxylic acids is 2. The van der Waals surface area contributed by atoms with E-state index >= 15 is 0 Å². The Hall–Kier alpha value is -3.56. The molecule has 0 saturated heterocycles. The number of nitrogens with zero attached hydrogens (tertiary/aromatic N) is 2. The van der Waals surface area contributed by atoms with Gasteiger partial charge in [-0.05, 0) is 61.4 Å². The number of amides is 2. The number of likely N-dealkylation sites (N-methyl/N-ethyl adjacent to an activating group) is 1. The summed E-state index contributed by atoms with van der Waals surface area (Å²) in [5.74, 6) is -1.02. The Morgan fingerprint density at radius 3 is 2.16 bits per heavy atom. The molecule has 0 aromatic heterocycles. The lowest BCUT2D eigenvalue weighted by Crippen LogP contribution is -2.53. The molecular weight excluding hydrogens is 641 g/mol. The van der Waals surface area contributed by atoms with Crippen molar-refractivity contribution in [2.75, 3.05) is 17.4 Å². The van der Waals surface area contributed by atoms with Crippen molar-refractivity contribution in [1.29, 1.82) is 0 Å². The SMILES string of the molecule is CCNC(=O)[C@@H](Cc1ccccc1)N(Cc1ccccc1Cl)C(=O)CN(c1cc(Cl)ccc1Cl)S(=O)(=O)c1ccc(C)cc1. The maximum Gasteiger partial charge on any atom is 0.264 e. The molecule has 44 heavy (non-hydrogen) atoms. The van der Waals surface area contributed by atoms with E-state index in [1.165, 1.54) is 35.2 Å². The van der Waals surface area contributed by atoms with Gasteiger partial charge in [-0.1, -0.05) is 101 Å². The van der Waals surface area contributed by atoms with Crippen LogP contribution in [0.25, 0.3) is 0 Å². The average molecular weight is 673 g/mol. The number of nitrogens with one attached hydrogen (secondary N) is 1. The first-order chi connectivity index (χ1) is 21.0. The number of halogens is 3. The van der Waals surface area contributed by atoms with Crippen LogP contribution in [0.2, 0.25) is 15.1 Å². The number of hydrogen-bond acceptors (Lipinski definition) is 4. The van der Waals surface area contributed by atoms with Gasteiger partial charge < -0.3 is 10.2 Å². The molecule has 230 valence electrons. The Balaban J connectivity index is 1.83. The fraction of sp³-hybridized carbons (Fsp3) is 0.212. The van der Waals surface area contributed by atoms with Gasteiger partial charge in [0.25, 0.3) is 10.0 Å². The van der Waals surface area contributed by atoms with Crippen LogP contribution >= 0.6 is 34.8 Å². The summed E-state index contributed by atoms with van der Waals surface area (Å²) in [5.41, 5.74) is 2.31. The minimum atomic E-state index is -4.32. The predicted molar refractivity (Wildman–Crippen MR) is 177 cm³/mol. The molecule has 4 aromatic rings. The van der Waals surface area contributed by atoms with Gasteiger partial charge in [0.15, 0.2) is 0 Å². The molecule has 0 unspecified atom stereocenters. The number of carbonyl (C=O) groups is 2. The Kier molecular flexibility index (Phi) is 11.3. The number of anilines is 1. The van der Waals surface area contributed by atoms with E-state index in [1.807, 2.05) is 37.3 Å². The number of hydrogen-bond donors (Lipinski definition) is 1. The van der Waals surface area contributed by atoms with E-state index in [1.54, 1.807) is 43.3 Å². The summed E-state index contributed by atoms with van der Waals surface area (Å²) in [5, 5.41) is 3.55. The zero-order valence-electron chi connectivity index (χ0n) is 24.2. The zero-order valence-corrected chi connectivity index (χ0v) is 27.3. The van der Waals surface area contributed by atoms with E-state index in [-0.39, 0.29) is 39.5 Å². The molecule has 0 radical (unpaired) electrons. The van der Waals surface area contributed by atoms with Gasteiger partial charge in [0.2, 0.25) is 11.8 Å². The molecule has 1 atom stereocenters. The summed E-state index contributed by atoms with van der Waals surface area (Å²) in [6.45, 7) is 3.26. The number of benzene rings is 4. The zero-order chi connectivity index (χ0) is 31.9. The molecule has 0 bridgehead atoms. The summed E-state index contributed by atoms with van der Waals surface area (Å²) in [4.78, 5) is 29.3. The van der Waals surface area contributed by atoms with Gasteiger partial charge in [0.05, 0.1) is 15.6 Å². The second-order valence-corrected chi connectivity index (χ2v) is 13.2. The van der Waals surface area contributed by atoms with Crippen LogP contribution in [0.15, 0.2) is 102 Å². The van der Waals surface area contributed by atoms with Crippen molar-refractivity contribution in [2.24, 2.45) is 0 Å². The highest BCUT2D eigenvalue weighted by Crippen LogP contribution is 2.33. The molecule has 1 N–H and O–H groups in total. The van der Waals surface area contributed by atoms with Crippen molar-refractivity contribution < 1.29 is 18.0 Å². The van der Waals surface area contributed by atoms with Gasteiger partial charge in [0, 0.05) is 29.6 Å². The molecule has 4 rings (SSSR count). The lowest BCUT2D eigenvalue weighted by molar-refractivity contribution is -0.140. The molecule has 0 heterocycles. The van der Waals surface area contributed by atoms with E-state index in [4.69, 9.17) is 34.8 Å². The third-order valence-electron chi connectivity index (χ3n) is 6.99. The second-order valence-electron chi connectivity index (χ2n) is 10.1. The standard InChI is InChI=1S/C33H32Cl3N3O4S/c1-3-37-33(41)31(19-24-9-5-4-6-10-24)38(21-25-11-7-8-12-28(25)35)32(40)22-39(30-20-26(34)15-18-29(30)36)44(42,43)27-16-13-23(2)14-17-27/h4-18,20,31H,3,19,21-22H2,1-2H3,(H,37,41)/t31-/m1/s1. The molecule has 0 aliphatic carbocycles. The highest BCUT2D eigenvalue weighted by Gasteiger charge is 2.35. The molecule has 0 saturated carbocycles. The van der Waals surface area contributed by atoms with Crippen LogP contribution < -0.4 is 9.62 Å². The van der Waals surface area contributed by atoms with Crippen molar-refractivity contribution in [2.45, 2.75) is 37.8 Å². The fourth-order valence-corrected chi connectivity index (χ4v) is 6.74. The Morgan fingerprint density at radius 1 is 0.841 bits per heavy atom. The summed E-state index contributed by atoms with van der Waals surface area (Å²) < 4.78 is 29.2. The molecule has 2 amide bonds. The first kappa shape index (κ1) is 33.3. The normalized spacial score (nSPS) is 11.9. The monoisotopic (exact) mass is 671 g/mol. The summed E-state index contributed by atoms with van der Waals surface area (Å²) in [6.07, 6.45) is 0.186. The molecule has 0 aliphatic heterocycles. The van der Waals surface area contributed by atoms with Crippen LogP contribution in [0.4, 0.5) is 5.69 Å². The molecule has 4 aromatic carbocycles. The number of rotatable bonds is 12. The van der Waals surface area contributed by atoms with E-state index in [2.05, 4.69) is 5.32 Å². The van der Waals surface area contributed by atoms with Crippen LogP contribution in [0.1, 0.15) is 23.6 Å². The van der Waals surface area contributed by atoms with Crippen LogP contribution in [0.3, 0.4) is 0 Å². The second kappa shape index (κ2) is 14.9. The van der Waals surface area contributed by atoms with Gasteiger partial charge in [0.1, 0.15) is 12.6 Å². The minimum Gasteiger partial charge on any atom is -0.355 e. The molecular formula is C33H32Cl3N3O4S. The molecule has 11 heteroatoms. The van der Waals surface area contributed by atoms with E-state index < -0.39 is 28.5 Å². The maximum atomic E-state index is 14.4. The molecule has 0 aliphatic rings. The minimum absolute atomic E-state index is 0.0309. The predicted octanol–water partition coefficient (Wildman–Crippen LogP) is 6.93.